The molecule has 170 valence electrons. The van der Waals surface area contributed by atoms with E-state index >= 15 is 0 Å². The molecule has 1 aliphatic heterocycles. The van der Waals surface area contributed by atoms with Crippen molar-refractivity contribution < 1.29 is 22.7 Å². The standard InChI is InChI=1S/C24H19Cl2NO5S/c25-18-5-1-16(2-6-18)23(28)27(21-13-14-33(30,31)15-21)20-9-11-22(12-10-20)32-24(29)17-3-7-19(26)8-4-17/h1-12,21H,13-15H2. The van der Waals surface area contributed by atoms with Crippen LogP contribution in [0.1, 0.15) is 27.1 Å². The number of amides is 1. The van der Waals surface area contributed by atoms with Gasteiger partial charge in [-0.25, -0.2) is 13.2 Å². The predicted octanol–water partition coefficient (Wildman–Crippen LogP) is 5.05. The van der Waals surface area contributed by atoms with Gasteiger partial charge in [-0.2, -0.15) is 0 Å². The van der Waals surface area contributed by atoms with Gasteiger partial charge in [0.05, 0.1) is 23.1 Å². The highest BCUT2D eigenvalue weighted by atomic mass is 35.5. The molecule has 0 radical (unpaired) electrons. The van der Waals surface area contributed by atoms with E-state index in [0.29, 0.717) is 33.3 Å². The molecule has 4 rings (SSSR count). The molecule has 1 aliphatic rings. The highest BCUT2D eigenvalue weighted by Gasteiger charge is 2.36. The Bertz CT molecular complexity index is 1270. The van der Waals surface area contributed by atoms with Crippen LogP contribution in [0.2, 0.25) is 10.0 Å². The minimum Gasteiger partial charge on any atom is -0.423 e. The van der Waals surface area contributed by atoms with Crippen LogP contribution < -0.4 is 9.64 Å². The van der Waals surface area contributed by atoms with E-state index in [1.807, 2.05) is 0 Å². The summed E-state index contributed by atoms with van der Waals surface area (Å²) in [5.41, 5.74) is 1.24. The summed E-state index contributed by atoms with van der Waals surface area (Å²) in [5.74, 6) is -0.676. The summed E-state index contributed by atoms with van der Waals surface area (Å²) in [5, 5.41) is 1.00. The SMILES string of the molecule is O=C(Oc1ccc(N(C(=O)c2ccc(Cl)cc2)C2CCS(=O)(=O)C2)cc1)c1ccc(Cl)cc1. The minimum absolute atomic E-state index is 0.0266. The van der Waals surface area contributed by atoms with Gasteiger partial charge in [0.15, 0.2) is 9.84 Å². The van der Waals surface area contributed by atoms with Crippen LogP contribution >= 0.6 is 23.2 Å². The minimum atomic E-state index is -3.22. The molecule has 1 amide bonds. The molecule has 0 saturated carbocycles. The first-order valence-corrected chi connectivity index (χ1v) is 12.7. The Labute approximate surface area is 201 Å². The molecule has 6 nitrogen and oxygen atoms in total. The van der Waals surface area contributed by atoms with E-state index in [0.717, 1.165) is 0 Å². The normalized spacial score (nSPS) is 16.8. The van der Waals surface area contributed by atoms with Crippen molar-refractivity contribution in [2.24, 2.45) is 0 Å². The number of benzene rings is 3. The van der Waals surface area contributed by atoms with Crippen molar-refractivity contribution >= 4 is 50.6 Å². The van der Waals surface area contributed by atoms with Gasteiger partial charge in [0.1, 0.15) is 5.75 Å². The second kappa shape index (κ2) is 9.55. The lowest BCUT2D eigenvalue weighted by Crippen LogP contribution is -2.41. The second-order valence-corrected chi connectivity index (χ2v) is 10.7. The Hall–Kier alpha value is -2.87. The molecule has 3 aromatic carbocycles. The maximum absolute atomic E-state index is 13.3. The largest absolute Gasteiger partial charge is 0.423 e. The van der Waals surface area contributed by atoms with Crippen molar-refractivity contribution in [1.29, 1.82) is 0 Å². The summed E-state index contributed by atoms with van der Waals surface area (Å²) in [6.45, 7) is 0. The molecule has 1 unspecified atom stereocenters. The first-order chi connectivity index (χ1) is 15.7. The molecule has 0 aliphatic carbocycles. The van der Waals surface area contributed by atoms with Crippen molar-refractivity contribution in [1.82, 2.24) is 0 Å². The van der Waals surface area contributed by atoms with Crippen molar-refractivity contribution in [2.75, 3.05) is 16.4 Å². The number of hydrogen-bond acceptors (Lipinski definition) is 5. The van der Waals surface area contributed by atoms with Crippen molar-refractivity contribution in [3.8, 4) is 5.75 Å². The second-order valence-electron chi connectivity index (χ2n) is 7.63. The fourth-order valence-corrected chi connectivity index (χ4v) is 5.58. The van der Waals surface area contributed by atoms with Crippen LogP contribution in [-0.2, 0) is 9.84 Å². The third kappa shape index (κ3) is 5.55. The summed E-state index contributed by atoms with van der Waals surface area (Å²) >= 11 is 11.8. The Morgan fingerprint density at radius 2 is 1.36 bits per heavy atom. The van der Waals surface area contributed by atoms with E-state index in [1.165, 1.54) is 4.90 Å². The third-order valence-corrected chi connectivity index (χ3v) is 7.54. The highest BCUT2D eigenvalue weighted by Crippen LogP contribution is 2.29. The van der Waals surface area contributed by atoms with E-state index in [-0.39, 0.29) is 23.2 Å². The molecule has 3 aromatic rings. The fourth-order valence-electron chi connectivity index (χ4n) is 3.63. The summed E-state index contributed by atoms with van der Waals surface area (Å²) in [7, 11) is -3.22. The van der Waals surface area contributed by atoms with Gasteiger partial charge in [-0.1, -0.05) is 23.2 Å². The molecular weight excluding hydrogens is 485 g/mol. The van der Waals surface area contributed by atoms with Crippen LogP contribution in [0, 0.1) is 0 Å². The number of nitrogens with zero attached hydrogens (tertiary/aromatic N) is 1. The summed E-state index contributed by atoms with van der Waals surface area (Å²) < 4.78 is 29.6. The lowest BCUT2D eigenvalue weighted by Gasteiger charge is -2.28. The molecule has 0 N–H and O–H groups in total. The molecule has 0 spiro atoms. The molecule has 0 bridgehead atoms. The molecule has 33 heavy (non-hydrogen) atoms. The van der Waals surface area contributed by atoms with Gasteiger partial charge < -0.3 is 9.64 Å². The van der Waals surface area contributed by atoms with Crippen LogP contribution in [-0.4, -0.2) is 37.8 Å². The Morgan fingerprint density at radius 1 is 0.818 bits per heavy atom. The zero-order valence-electron chi connectivity index (χ0n) is 17.3. The summed E-state index contributed by atoms with van der Waals surface area (Å²) in [4.78, 5) is 27.1. The molecular formula is C24H19Cl2NO5S. The number of anilines is 1. The van der Waals surface area contributed by atoms with Gasteiger partial charge in [0, 0.05) is 21.3 Å². The predicted molar refractivity (Wildman–Crippen MR) is 128 cm³/mol. The van der Waals surface area contributed by atoms with Crippen molar-refractivity contribution in [3.05, 3.63) is 94.0 Å². The van der Waals surface area contributed by atoms with Crippen LogP contribution in [0.25, 0.3) is 0 Å². The van der Waals surface area contributed by atoms with Gasteiger partial charge in [-0.05, 0) is 79.2 Å². The van der Waals surface area contributed by atoms with E-state index < -0.39 is 21.8 Å². The first-order valence-electron chi connectivity index (χ1n) is 10.1. The van der Waals surface area contributed by atoms with Gasteiger partial charge in [0.25, 0.3) is 5.91 Å². The van der Waals surface area contributed by atoms with Crippen molar-refractivity contribution in [2.45, 2.75) is 12.5 Å². The van der Waals surface area contributed by atoms with Crippen LogP contribution in [0.15, 0.2) is 72.8 Å². The first kappa shape index (κ1) is 23.3. The zero-order valence-corrected chi connectivity index (χ0v) is 19.6. The lowest BCUT2D eigenvalue weighted by molar-refractivity contribution is 0.0734. The number of carbonyl (C=O) groups excluding carboxylic acids is 2. The van der Waals surface area contributed by atoms with Gasteiger partial charge in [0.2, 0.25) is 0 Å². The van der Waals surface area contributed by atoms with E-state index in [2.05, 4.69) is 0 Å². The van der Waals surface area contributed by atoms with Gasteiger partial charge >= 0.3 is 5.97 Å². The van der Waals surface area contributed by atoms with Gasteiger partial charge in [-0.15, -0.1) is 0 Å². The Balaban J connectivity index is 1.59. The molecule has 1 heterocycles. The molecule has 1 fully saturated rings. The monoisotopic (exact) mass is 503 g/mol. The zero-order chi connectivity index (χ0) is 23.6. The van der Waals surface area contributed by atoms with E-state index in [9.17, 15) is 18.0 Å². The van der Waals surface area contributed by atoms with E-state index in [1.54, 1.807) is 72.8 Å². The molecule has 1 saturated heterocycles. The molecule has 0 aromatic heterocycles. The lowest BCUT2D eigenvalue weighted by atomic mass is 10.1. The quantitative estimate of drug-likeness (QED) is 0.359. The number of ether oxygens (including phenoxy) is 1. The third-order valence-electron chi connectivity index (χ3n) is 5.29. The summed E-state index contributed by atoms with van der Waals surface area (Å²) in [6, 6.07) is 18.6. The van der Waals surface area contributed by atoms with Crippen molar-refractivity contribution in [3.63, 3.8) is 0 Å². The Kier molecular flexibility index (Phi) is 6.74. The number of sulfone groups is 1. The Morgan fingerprint density at radius 3 is 1.88 bits per heavy atom. The average Bonchev–Trinajstić information content (AvgIpc) is 3.15. The van der Waals surface area contributed by atoms with Crippen LogP contribution in [0.3, 0.4) is 0 Å². The van der Waals surface area contributed by atoms with E-state index in [4.69, 9.17) is 27.9 Å². The number of hydrogen-bond donors (Lipinski definition) is 0. The number of carbonyl (C=O) groups is 2. The maximum Gasteiger partial charge on any atom is 0.343 e. The molecule has 9 heteroatoms. The number of esters is 1. The van der Waals surface area contributed by atoms with Crippen LogP contribution in [0.4, 0.5) is 5.69 Å². The van der Waals surface area contributed by atoms with Crippen LogP contribution in [0.5, 0.6) is 5.75 Å². The maximum atomic E-state index is 13.3. The average molecular weight is 504 g/mol. The topological polar surface area (TPSA) is 80.8 Å². The van der Waals surface area contributed by atoms with Gasteiger partial charge in [-0.3, -0.25) is 4.79 Å². The smallest absolute Gasteiger partial charge is 0.343 e. The fraction of sp³-hybridized carbons (Fsp3) is 0.167. The highest BCUT2D eigenvalue weighted by molar-refractivity contribution is 7.91. The summed E-state index contributed by atoms with van der Waals surface area (Å²) in [6.07, 6.45) is 0.342. The number of halogens is 2. The molecule has 1 atom stereocenters. The number of rotatable bonds is 5.